The molecule has 0 radical (unpaired) electrons. The predicted molar refractivity (Wildman–Crippen MR) is 66.3 cm³/mol. The van der Waals surface area contributed by atoms with E-state index in [4.69, 9.17) is 5.73 Å². The van der Waals surface area contributed by atoms with Gasteiger partial charge in [-0.3, -0.25) is 9.36 Å². The van der Waals surface area contributed by atoms with Crippen LogP contribution in [0, 0.1) is 0 Å². The average Bonchev–Trinajstić information content (AvgIpc) is 2.97. The normalized spacial score (nSPS) is 11.9. The third-order valence-electron chi connectivity index (χ3n) is 2.35. The van der Waals surface area contributed by atoms with Crippen molar-refractivity contribution in [3.63, 3.8) is 0 Å². The summed E-state index contributed by atoms with van der Waals surface area (Å²) < 4.78 is 29.3. The van der Waals surface area contributed by atoms with E-state index in [1.165, 1.54) is 28.1 Å². The zero-order valence-electron chi connectivity index (χ0n) is 10.4. The number of nitrogens with two attached hydrogens (primary N) is 1. The highest BCUT2D eigenvalue weighted by atomic mass is 32.2. The second kappa shape index (κ2) is 5.47. The molecule has 0 atom stereocenters. The predicted octanol–water partition coefficient (Wildman–Crippen LogP) is -1.55. The highest BCUT2D eigenvalue weighted by Crippen LogP contribution is 2.07. The minimum atomic E-state index is -3.61. The summed E-state index contributed by atoms with van der Waals surface area (Å²) in [5.41, 5.74) is 5.37. The van der Waals surface area contributed by atoms with Crippen molar-refractivity contribution < 1.29 is 8.42 Å². The molecule has 0 bridgehead atoms. The average molecular weight is 285 g/mol. The van der Waals surface area contributed by atoms with E-state index >= 15 is 0 Å². The molecule has 2 rings (SSSR count). The first kappa shape index (κ1) is 13.6. The van der Waals surface area contributed by atoms with Crippen LogP contribution in [0.2, 0.25) is 0 Å². The van der Waals surface area contributed by atoms with Crippen LogP contribution in [0.15, 0.2) is 23.6 Å². The Morgan fingerprint density at radius 3 is 2.89 bits per heavy atom. The van der Waals surface area contributed by atoms with Crippen molar-refractivity contribution in [3.8, 4) is 0 Å². The van der Waals surface area contributed by atoms with Gasteiger partial charge in [-0.05, 0) is 0 Å². The van der Waals surface area contributed by atoms with Crippen LogP contribution in [-0.2, 0) is 30.2 Å². The maximum atomic E-state index is 12.0. The lowest BCUT2D eigenvalue weighted by molar-refractivity contribution is 0.577. The summed E-state index contributed by atoms with van der Waals surface area (Å²) in [5.74, 6) is 0.403. The van der Waals surface area contributed by atoms with Crippen LogP contribution < -0.4 is 10.5 Å². The van der Waals surface area contributed by atoms with E-state index in [2.05, 4.69) is 19.9 Å². The fourth-order valence-electron chi connectivity index (χ4n) is 1.45. The van der Waals surface area contributed by atoms with Gasteiger partial charge in [0, 0.05) is 19.8 Å². The molecule has 104 valence electrons. The molecule has 0 aliphatic rings. The van der Waals surface area contributed by atoms with E-state index < -0.39 is 10.0 Å². The maximum Gasteiger partial charge on any atom is 0.244 e. The van der Waals surface area contributed by atoms with E-state index in [1.54, 1.807) is 7.05 Å². The zero-order chi connectivity index (χ0) is 13.9. The highest BCUT2D eigenvalue weighted by molar-refractivity contribution is 7.89. The van der Waals surface area contributed by atoms with Crippen LogP contribution in [0.5, 0.6) is 0 Å². The Morgan fingerprint density at radius 1 is 1.47 bits per heavy atom. The van der Waals surface area contributed by atoms with Gasteiger partial charge in [-0.15, -0.1) is 0 Å². The molecule has 0 aliphatic heterocycles. The Bertz CT molecular complexity index is 645. The number of sulfonamides is 1. The molecular weight excluding hydrogens is 270 g/mol. The van der Waals surface area contributed by atoms with Gasteiger partial charge in [0.05, 0.1) is 19.3 Å². The molecule has 0 aromatic carbocycles. The van der Waals surface area contributed by atoms with Crippen LogP contribution in [-0.4, -0.2) is 39.5 Å². The molecular formula is C9H15N7O2S. The van der Waals surface area contributed by atoms with Gasteiger partial charge in [0.2, 0.25) is 10.0 Å². The Morgan fingerprint density at radius 2 is 2.26 bits per heavy atom. The molecule has 10 heteroatoms. The lowest BCUT2D eigenvalue weighted by Crippen LogP contribution is -2.23. The van der Waals surface area contributed by atoms with E-state index in [0.717, 1.165) is 0 Å². The summed E-state index contributed by atoms with van der Waals surface area (Å²) >= 11 is 0. The summed E-state index contributed by atoms with van der Waals surface area (Å²) in [5, 5.41) is 7.90. The minimum Gasteiger partial charge on any atom is -0.329 e. The van der Waals surface area contributed by atoms with Gasteiger partial charge < -0.3 is 5.73 Å². The molecule has 0 unspecified atom stereocenters. The Labute approximate surface area is 110 Å². The summed E-state index contributed by atoms with van der Waals surface area (Å²) in [6.07, 6.45) is 4.22. The third-order valence-corrected chi connectivity index (χ3v) is 3.70. The first-order valence-electron chi connectivity index (χ1n) is 5.58. The van der Waals surface area contributed by atoms with Crippen LogP contribution >= 0.6 is 0 Å². The molecule has 2 heterocycles. The van der Waals surface area contributed by atoms with E-state index in [1.807, 2.05) is 0 Å². The monoisotopic (exact) mass is 285 g/mol. The van der Waals surface area contributed by atoms with E-state index in [0.29, 0.717) is 18.9 Å². The summed E-state index contributed by atoms with van der Waals surface area (Å²) in [7, 11) is -1.90. The molecule has 2 aromatic heterocycles. The smallest absolute Gasteiger partial charge is 0.244 e. The van der Waals surface area contributed by atoms with Gasteiger partial charge >= 0.3 is 0 Å². The number of hydrogen-bond acceptors (Lipinski definition) is 6. The lowest BCUT2D eigenvalue weighted by atomic mass is 10.6. The van der Waals surface area contributed by atoms with Crippen molar-refractivity contribution in [1.82, 2.24) is 29.3 Å². The Kier molecular flexibility index (Phi) is 3.93. The number of hydrogen-bond donors (Lipinski definition) is 2. The first-order chi connectivity index (χ1) is 9.01. The summed E-state index contributed by atoms with van der Waals surface area (Å²) in [4.78, 5) is 4.03. The fourth-order valence-corrected chi connectivity index (χ4v) is 2.38. The standard InChI is InChI=1S/C9H15N7O2S/c1-15-7-11-9(14-15)5-13-19(17,18)8-4-12-16(6-8)3-2-10/h4,6-7,13H,2-3,5,10H2,1H3. The lowest BCUT2D eigenvalue weighted by Gasteiger charge is -2.01. The number of aromatic nitrogens is 5. The fraction of sp³-hybridized carbons (Fsp3) is 0.444. The molecule has 2 aromatic rings. The van der Waals surface area contributed by atoms with Crippen LogP contribution in [0.1, 0.15) is 5.82 Å². The van der Waals surface area contributed by atoms with Crippen molar-refractivity contribution in [2.24, 2.45) is 12.8 Å². The number of rotatable bonds is 6. The van der Waals surface area contributed by atoms with Crippen molar-refractivity contribution >= 4 is 10.0 Å². The Hall–Kier alpha value is -1.78. The zero-order valence-corrected chi connectivity index (χ0v) is 11.2. The van der Waals surface area contributed by atoms with Gasteiger partial charge in [-0.1, -0.05) is 0 Å². The van der Waals surface area contributed by atoms with Gasteiger partial charge in [-0.2, -0.15) is 10.2 Å². The largest absolute Gasteiger partial charge is 0.329 e. The summed E-state index contributed by atoms with van der Waals surface area (Å²) in [6, 6.07) is 0. The molecule has 0 saturated heterocycles. The van der Waals surface area contributed by atoms with Crippen LogP contribution in [0.3, 0.4) is 0 Å². The molecule has 0 aliphatic carbocycles. The Balaban J connectivity index is 2.04. The molecule has 3 N–H and O–H groups in total. The number of nitrogens with one attached hydrogen (secondary N) is 1. The van der Waals surface area contributed by atoms with Crippen molar-refractivity contribution in [3.05, 3.63) is 24.5 Å². The topological polar surface area (TPSA) is 121 Å². The summed E-state index contributed by atoms with van der Waals surface area (Å²) in [6.45, 7) is 0.898. The number of aryl methyl sites for hydroxylation is 1. The number of nitrogens with zero attached hydrogens (tertiary/aromatic N) is 5. The SMILES string of the molecule is Cn1cnc(CNS(=O)(=O)c2cnn(CCN)c2)n1. The molecule has 9 nitrogen and oxygen atoms in total. The molecule has 0 spiro atoms. The van der Waals surface area contributed by atoms with Crippen molar-refractivity contribution in [2.45, 2.75) is 18.0 Å². The van der Waals surface area contributed by atoms with Crippen LogP contribution in [0.4, 0.5) is 0 Å². The second-order valence-electron chi connectivity index (χ2n) is 3.89. The minimum absolute atomic E-state index is 0.0330. The molecule has 19 heavy (non-hydrogen) atoms. The second-order valence-corrected chi connectivity index (χ2v) is 5.65. The van der Waals surface area contributed by atoms with E-state index in [-0.39, 0.29) is 11.4 Å². The first-order valence-corrected chi connectivity index (χ1v) is 7.06. The third kappa shape index (κ3) is 3.36. The molecule has 0 saturated carbocycles. The van der Waals surface area contributed by atoms with Gasteiger partial charge in [0.1, 0.15) is 11.2 Å². The van der Waals surface area contributed by atoms with Crippen LogP contribution in [0.25, 0.3) is 0 Å². The quantitative estimate of drug-likeness (QED) is 0.662. The maximum absolute atomic E-state index is 12.0. The van der Waals surface area contributed by atoms with Gasteiger partial charge in [0.25, 0.3) is 0 Å². The van der Waals surface area contributed by atoms with Gasteiger partial charge in [-0.25, -0.2) is 18.1 Å². The van der Waals surface area contributed by atoms with Crippen molar-refractivity contribution in [1.29, 1.82) is 0 Å². The molecule has 0 amide bonds. The molecule has 0 fully saturated rings. The highest BCUT2D eigenvalue weighted by Gasteiger charge is 2.16. The van der Waals surface area contributed by atoms with Crippen molar-refractivity contribution in [2.75, 3.05) is 6.54 Å². The van der Waals surface area contributed by atoms with Gasteiger partial charge in [0.15, 0.2) is 5.82 Å². The van der Waals surface area contributed by atoms with E-state index in [9.17, 15) is 8.42 Å².